The Bertz CT molecular complexity index is 1250. The molecule has 0 bridgehead atoms. The van der Waals surface area contributed by atoms with Gasteiger partial charge in [0.15, 0.2) is 6.10 Å². The molecule has 0 amide bonds. The summed E-state index contributed by atoms with van der Waals surface area (Å²) in [5.74, 6) is -0.0879. The lowest BCUT2D eigenvalue weighted by Crippen LogP contribution is -2.37. The van der Waals surface area contributed by atoms with E-state index in [1.807, 2.05) is 6.07 Å². The van der Waals surface area contributed by atoms with E-state index in [1.165, 1.54) is 17.2 Å². The normalized spacial score (nSPS) is 20.0. The van der Waals surface area contributed by atoms with Gasteiger partial charge in [-0.25, -0.2) is 8.78 Å². The van der Waals surface area contributed by atoms with Gasteiger partial charge in [0.25, 0.3) is 5.89 Å². The second kappa shape index (κ2) is 10.5. The summed E-state index contributed by atoms with van der Waals surface area (Å²) < 4.78 is 36.2. The molecule has 1 N–H and O–H groups in total. The molecule has 0 radical (unpaired) electrons. The van der Waals surface area contributed by atoms with Gasteiger partial charge in [0, 0.05) is 30.3 Å². The second-order valence-electron chi connectivity index (χ2n) is 9.36. The summed E-state index contributed by atoms with van der Waals surface area (Å²) in [7, 11) is 0. The molecule has 2 unspecified atom stereocenters. The standard InChI is InChI=1S/C26H26ClF2N3O4/c27-22-10-16(6-7-23(22)35-21(11-28)12-29)25-30-24(31-36-25)15-4-5-18-13-32(14-19(18)8-15)20-3-1-2-17(9-20)26(33)34/h4-8,10,17,20-21H,1-3,9,11-14H2,(H,33,34). The van der Waals surface area contributed by atoms with Crippen LogP contribution in [-0.4, -0.2) is 51.6 Å². The van der Waals surface area contributed by atoms with Crippen molar-refractivity contribution in [1.29, 1.82) is 0 Å². The van der Waals surface area contributed by atoms with Gasteiger partial charge in [-0.15, -0.1) is 0 Å². The number of fused-ring (bicyclic) bond motifs is 1. The molecule has 190 valence electrons. The number of aliphatic carboxylic acids is 1. The molecule has 1 aliphatic heterocycles. The molecule has 7 nitrogen and oxygen atoms in total. The monoisotopic (exact) mass is 517 g/mol. The number of carboxylic acid groups (broad SMARTS) is 1. The highest BCUT2D eigenvalue weighted by atomic mass is 35.5. The van der Waals surface area contributed by atoms with Crippen molar-refractivity contribution in [1.82, 2.24) is 15.0 Å². The molecule has 2 aliphatic rings. The third-order valence-electron chi connectivity index (χ3n) is 6.97. The number of carbonyl (C=O) groups is 1. The van der Waals surface area contributed by atoms with Gasteiger partial charge < -0.3 is 14.4 Å². The number of hydrogen-bond donors (Lipinski definition) is 1. The van der Waals surface area contributed by atoms with E-state index in [2.05, 4.69) is 27.2 Å². The Balaban J connectivity index is 1.29. The van der Waals surface area contributed by atoms with Crippen LogP contribution in [0.25, 0.3) is 22.8 Å². The predicted molar refractivity (Wildman–Crippen MR) is 129 cm³/mol. The topological polar surface area (TPSA) is 88.7 Å². The molecular formula is C26H26ClF2N3O4. The summed E-state index contributed by atoms with van der Waals surface area (Å²) in [5.41, 5.74) is 3.77. The van der Waals surface area contributed by atoms with Gasteiger partial charge in [-0.1, -0.05) is 35.3 Å². The van der Waals surface area contributed by atoms with Crippen molar-refractivity contribution in [3.63, 3.8) is 0 Å². The first kappa shape index (κ1) is 24.6. The minimum absolute atomic E-state index is 0.177. The molecule has 1 fully saturated rings. The first-order valence-corrected chi connectivity index (χ1v) is 12.3. The van der Waals surface area contributed by atoms with Gasteiger partial charge in [-0.2, -0.15) is 4.98 Å². The highest BCUT2D eigenvalue weighted by Gasteiger charge is 2.33. The Kier molecular flexibility index (Phi) is 7.20. The molecule has 0 saturated heterocycles. The summed E-state index contributed by atoms with van der Waals surface area (Å²) >= 11 is 6.23. The van der Waals surface area contributed by atoms with Gasteiger partial charge >= 0.3 is 5.97 Å². The number of nitrogens with zero attached hydrogens (tertiary/aromatic N) is 3. The number of carboxylic acids is 1. The molecule has 2 heterocycles. The van der Waals surface area contributed by atoms with E-state index in [9.17, 15) is 18.7 Å². The molecule has 1 aromatic heterocycles. The highest BCUT2D eigenvalue weighted by molar-refractivity contribution is 6.32. The summed E-state index contributed by atoms with van der Waals surface area (Å²) in [4.78, 5) is 18.3. The first-order chi connectivity index (χ1) is 17.4. The molecule has 5 rings (SSSR count). The van der Waals surface area contributed by atoms with Crippen LogP contribution >= 0.6 is 11.6 Å². The fourth-order valence-electron chi connectivity index (χ4n) is 5.01. The van der Waals surface area contributed by atoms with Crippen LogP contribution in [-0.2, 0) is 17.9 Å². The van der Waals surface area contributed by atoms with Gasteiger partial charge in [0.05, 0.1) is 10.9 Å². The Morgan fingerprint density at radius 3 is 2.67 bits per heavy atom. The number of alkyl halides is 2. The van der Waals surface area contributed by atoms with E-state index < -0.39 is 25.4 Å². The lowest BCUT2D eigenvalue weighted by atomic mass is 9.85. The molecule has 2 atom stereocenters. The van der Waals surface area contributed by atoms with Crippen LogP contribution in [0.3, 0.4) is 0 Å². The minimum Gasteiger partial charge on any atom is -0.483 e. The van der Waals surface area contributed by atoms with Gasteiger partial charge in [0.1, 0.15) is 19.1 Å². The Labute approximate surface area is 212 Å². The zero-order valence-electron chi connectivity index (χ0n) is 19.5. The lowest BCUT2D eigenvalue weighted by Gasteiger charge is -2.33. The maximum absolute atomic E-state index is 12.8. The summed E-state index contributed by atoms with van der Waals surface area (Å²) in [6.45, 7) is -0.337. The fraction of sp³-hybridized carbons (Fsp3) is 0.423. The van der Waals surface area contributed by atoms with Gasteiger partial charge in [-0.3, -0.25) is 9.69 Å². The molecule has 1 aliphatic carbocycles. The predicted octanol–water partition coefficient (Wildman–Crippen LogP) is 5.70. The second-order valence-corrected chi connectivity index (χ2v) is 9.77. The van der Waals surface area contributed by atoms with Crippen LogP contribution in [0.2, 0.25) is 5.02 Å². The zero-order valence-corrected chi connectivity index (χ0v) is 20.3. The van der Waals surface area contributed by atoms with Crippen LogP contribution in [0.15, 0.2) is 40.9 Å². The third kappa shape index (κ3) is 5.08. The van der Waals surface area contributed by atoms with Crippen molar-refractivity contribution in [2.45, 2.75) is 50.9 Å². The first-order valence-electron chi connectivity index (χ1n) is 12.0. The minimum atomic E-state index is -1.20. The molecular weight excluding hydrogens is 492 g/mol. The van der Waals surface area contributed by atoms with Gasteiger partial charge in [0.2, 0.25) is 5.82 Å². The molecule has 1 saturated carbocycles. The van der Waals surface area contributed by atoms with Crippen molar-refractivity contribution >= 4 is 17.6 Å². The lowest BCUT2D eigenvalue weighted by molar-refractivity contribution is -0.143. The van der Waals surface area contributed by atoms with Crippen LogP contribution in [0, 0.1) is 5.92 Å². The maximum atomic E-state index is 12.8. The number of halogens is 3. The van der Waals surface area contributed by atoms with E-state index in [4.69, 9.17) is 20.9 Å². The number of ether oxygens (including phenoxy) is 1. The molecule has 2 aromatic carbocycles. The van der Waals surface area contributed by atoms with Crippen molar-refractivity contribution in [3.05, 3.63) is 52.5 Å². The van der Waals surface area contributed by atoms with Crippen molar-refractivity contribution in [2.24, 2.45) is 5.92 Å². The maximum Gasteiger partial charge on any atom is 0.306 e. The van der Waals surface area contributed by atoms with E-state index >= 15 is 0 Å². The number of aromatic nitrogens is 2. The molecule has 36 heavy (non-hydrogen) atoms. The summed E-state index contributed by atoms with van der Waals surface area (Å²) in [6, 6.07) is 11.1. The number of rotatable bonds is 8. The van der Waals surface area contributed by atoms with E-state index in [1.54, 1.807) is 12.1 Å². The molecule has 10 heteroatoms. The Morgan fingerprint density at radius 1 is 1.14 bits per heavy atom. The fourth-order valence-corrected chi connectivity index (χ4v) is 5.23. The van der Waals surface area contributed by atoms with Crippen LogP contribution in [0.1, 0.15) is 36.8 Å². The van der Waals surface area contributed by atoms with Crippen molar-refractivity contribution in [3.8, 4) is 28.6 Å². The highest BCUT2D eigenvalue weighted by Crippen LogP contribution is 2.36. The van der Waals surface area contributed by atoms with E-state index in [0.717, 1.165) is 37.9 Å². The Morgan fingerprint density at radius 2 is 1.92 bits per heavy atom. The Hall–Kier alpha value is -3.04. The molecule has 3 aromatic rings. The summed E-state index contributed by atoms with van der Waals surface area (Å²) in [5, 5.41) is 13.7. The number of hydrogen-bond acceptors (Lipinski definition) is 6. The largest absolute Gasteiger partial charge is 0.483 e. The van der Waals surface area contributed by atoms with Crippen molar-refractivity contribution < 1.29 is 27.9 Å². The summed E-state index contributed by atoms with van der Waals surface area (Å²) in [6.07, 6.45) is 2.21. The van der Waals surface area contributed by atoms with Gasteiger partial charge in [-0.05, 0) is 54.7 Å². The van der Waals surface area contributed by atoms with Crippen LogP contribution in [0.4, 0.5) is 8.78 Å². The van der Waals surface area contributed by atoms with E-state index in [0.29, 0.717) is 17.8 Å². The van der Waals surface area contributed by atoms with E-state index in [-0.39, 0.29) is 28.6 Å². The average Bonchev–Trinajstić information content (AvgIpc) is 3.55. The third-order valence-corrected chi connectivity index (χ3v) is 7.26. The van der Waals surface area contributed by atoms with Crippen molar-refractivity contribution in [2.75, 3.05) is 13.3 Å². The average molecular weight is 518 g/mol. The number of benzene rings is 2. The smallest absolute Gasteiger partial charge is 0.306 e. The van der Waals surface area contributed by atoms with Crippen LogP contribution in [0.5, 0.6) is 5.75 Å². The zero-order chi connectivity index (χ0) is 25.2. The van der Waals surface area contributed by atoms with Crippen LogP contribution < -0.4 is 4.74 Å². The SMILES string of the molecule is O=C(O)C1CCCC(N2Cc3ccc(-c4noc(-c5ccc(OC(CF)CF)c(Cl)c5)n4)cc3C2)C1. The molecule has 0 spiro atoms. The quantitative estimate of drug-likeness (QED) is 0.410.